The molecule has 0 unspecified atom stereocenters. The number of hydrogen-bond donors (Lipinski definition) is 0. The number of hydrogen-bond acceptors (Lipinski definition) is 6. The lowest BCUT2D eigenvalue weighted by Gasteiger charge is -2.19. The lowest BCUT2D eigenvalue weighted by molar-refractivity contribution is 0.0125. The van der Waals surface area contributed by atoms with Crippen molar-refractivity contribution in [2.24, 2.45) is 0 Å². The van der Waals surface area contributed by atoms with Gasteiger partial charge in [-0.25, -0.2) is 9.78 Å². The van der Waals surface area contributed by atoms with Crippen molar-refractivity contribution in [1.29, 1.82) is 0 Å². The number of nitrogens with zero attached hydrogens (tertiary/aromatic N) is 2. The van der Waals surface area contributed by atoms with E-state index in [1.807, 2.05) is 22.9 Å². The third-order valence-corrected chi connectivity index (χ3v) is 4.07. The van der Waals surface area contributed by atoms with Crippen LogP contribution in [0, 0.1) is 0 Å². The maximum Gasteiger partial charge on any atom is 0.338 e. The zero-order valence-electron chi connectivity index (χ0n) is 15.8. The molecule has 1 aromatic heterocycles. The molecule has 0 bridgehead atoms. The number of carbonyl (C=O) groups is 1. The summed E-state index contributed by atoms with van der Waals surface area (Å²) in [6, 6.07) is 14.0. The lowest BCUT2D eigenvalue weighted by atomic mass is 10.2. The zero-order valence-corrected chi connectivity index (χ0v) is 15.8. The molecule has 0 N–H and O–H groups in total. The van der Waals surface area contributed by atoms with Gasteiger partial charge in [-0.3, -0.25) is 0 Å². The number of rotatable bonds is 9. The minimum Gasteiger partial charge on any atom is -0.497 e. The molecule has 0 aliphatic carbocycles. The Labute approximate surface area is 163 Å². The van der Waals surface area contributed by atoms with E-state index < -0.39 is 12.1 Å². The number of methoxy groups -OCH3 is 2. The van der Waals surface area contributed by atoms with Crippen molar-refractivity contribution in [1.82, 2.24) is 9.55 Å². The number of carbonyl (C=O) groups excluding carboxylic acids is 1. The summed E-state index contributed by atoms with van der Waals surface area (Å²) in [5.74, 6) is 1.66. The van der Waals surface area contributed by atoms with E-state index in [9.17, 15) is 4.79 Å². The van der Waals surface area contributed by atoms with Crippen LogP contribution in [0.2, 0.25) is 0 Å². The molecule has 28 heavy (non-hydrogen) atoms. The van der Waals surface area contributed by atoms with E-state index in [1.165, 1.54) is 0 Å². The minimum atomic E-state index is -0.495. The number of benzene rings is 2. The summed E-state index contributed by atoms with van der Waals surface area (Å²) in [5.41, 5.74) is 0.445. The Balaban J connectivity index is 1.65. The van der Waals surface area contributed by atoms with Crippen molar-refractivity contribution in [3.8, 4) is 17.2 Å². The second-order valence-electron chi connectivity index (χ2n) is 6.00. The SMILES string of the molecule is COc1ccc(OC[C@@H](Cn2ccnc2)OC(=O)c2ccc(OC)cc2)cc1. The molecule has 7 heteroatoms. The number of ether oxygens (including phenoxy) is 4. The van der Waals surface area contributed by atoms with Crippen LogP contribution >= 0.6 is 0 Å². The average Bonchev–Trinajstić information content (AvgIpc) is 3.25. The van der Waals surface area contributed by atoms with Crippen LogP contribution in [-0.4, -0.2) is 42.5 Å². The lowest BCUT2D eigenvalue weighted by Crippen LogP contribution is -2.29. The van der Waals surface area contributed by atoms with Gasteiger partial charge < -0.3 is 23.5 Å². The molecule has 146 valence electrons. The van der Waals surface area contributed by atoms with Crippen LogP contribution in [0.3, 0.4) is 0 Å². The number of esters is 1. The van der Waals surface area contributed by atoms with Crippen molar-refractivity contribution < 1.29 is 23.7 Å². The molecule has 1 atom stereocenters. The van der Waals surface area contributed by atoms with Gasteiger partial charge >= 0.3 is 5.97 Å². The van der Waals surface area contributed by atoms with Gasteiger partial charge in [0.2, 0.25) is 0 Å². The van der Waals surface area contributed by atoms with Crippen LogP contribution in [0.4, 0.5) is 0 Å². The van der Waals surface area contributed by atoms with Crippen LogP contribution in [0.15, 0.2) is 67.3 Å². The fourth-order valence-corrected chi connectivity index (χ4v) is 2.56. The van der Waals surface area contributed by atoms with Gasteiger partial charge in [-0.15, -0.1) is 0 Å². The Bertz CT molecular complexity index is 861. The summed E-state index contributed by atoms with van der Waals surface area (Å²) < 4.78 is 23.6. The predicted molar refractivity (Wildman–Crippen MR) is 103 cm³/mol. The number of aromatic nitrogens is 2. The third-order valence-electron chi connectivity index (χ3n) is 4.07. The molecule has 0 fully saturated rings. The Morgan fingerprint density at radius 1 is 0.964 bits per heavy atom. The summed E-state index contributed by atoms with van der Waals surface area (Å²) in [6.07, 6.45) is 4.65. The van der Waals surface area contributed by atoms with Gasteiger partial charge in [-0.2, -0.15) is 0 Å². The third kappa shape index (κ3) is 5.26. The zero-order chi connectivity index (χ0) is 19.8. The van der Waals surface area contributed by atoms with Gasteiger partial charge in [-0.1, -0.05) is 0 Å². The van der Waals surface area contributed by atoms with Gasteiger partial charge in [0.1, 0.15) is 23.9 Å². The van der Waals surface area contributed by atoms with Crippen LogP contribution < -0.4 is 14.2 Å². The standard InChI is InChI=1S/C21H22N2O5/c1-25-17-5-3-16(4-6-17)21(24)28-20(13-23-12-11-22-15-23)14-27-19-9-7-18(26-2)8-10-19/h3-12,15,20H,13-14H2,1-2H3/t20-/m1/s1. The molecular weight excluding hydrogens is 360 g/mol. The first-order valence-corrected chi connectivity index (χ1v) is 8.75. The molecule has 0 saturated heterocycles. The van der Waals surface area contributed by atoms with E-state index in [0.29, 0.717) is 23.6 Å². The highest BCUT2D eigenvalue weighted by Crippen LogP contribution is 2.18. The first-order valence-electron chi connectivity index (χ1n) is 8.75. The maximum absolute atomic E-state index is 12.5. The first-order chi connectivity index (χ1) is 13.7. The largest absolute Gasteiger partial charge is 0.497 e. The fourth-order valence-electron chi connectivity index (χ4n) is 2.56. The van der Waals surface area contributed by atoms with Gasteiger partial charge in [0.15, 0.2) is 6.10 Å². The topological polar surface area (TPSA) is 71.8 Å². The molecule has 0 spiro atoms. The highest BCUT2D eigenvalue weighted by Gasteiger charge is 2.18. The molecule has 0 aliphatic rings. The minimum absolute atomic E-state index is 0.201. The summed E-state index contributed by atoms with van der Waals surface area (Å²) in [4.78, 5) is 16.5. The molecule has 3 aromatic rings. The molecular formula is C21H22N2O5. The highest BCUT2D eigenvalue weighted by atomic mass is 16.6. The van der Waals surface area contributed by atoms with Gasteiger partial charge in [0, 0.05) is 12.4 Å². The molecule has 2 aromatic carbocycles. The molecule has 1 heterocycles. The van der Waals surface area contributed by atoms with Gasteiger partial charge in [0.05, 0.1) is 32.7 Å². The second-order valence-corrected chi connectivity index (χ2v) is 6.00. The molecule has 3 rings (SSSR count). The molecule has 0 amide bonds. The highest BCUT2D eigenvalue weighted by molar-refractivity contribution is 5.89. The van der Waals surface area contributed by atoms with Crippen molar-refractivity contribution in [2.45, 2.75) is 12.6 Å². The van der Waals surface area contributed by atoms with E-state index in [2.05, 4.69) is 4.98 Å². The fraction of sp³-hybridized carbons (Fsp3) is 0.238. The van der Waals surface area contributed by atoms with E-state index in [-0.39, 0.29) is 6.61 Å². The van der Waals surface area contributed by atoms with Crippen LogP contribution in [0.25, 0.3) is 0 Å². The second kappa shape index (κ2) is 9.45. The summed E-state index contributed by atoms with van der Waals surface area (Å²) in [5, 5.41) is 0. The van der Waals surface area contributed by atoms with Gasteiger partial charge in [-0.05, 0) is 48.5 Å². The van der Waals surface area contributed by atoms with Crippen molar-refractivity contribution in [3.63, 3.8) is 0 Å². The van der Waals surface area contributed by atoms with E-state index in [4.69, 9.17) is 18.9 Å². The quantitative estimate of drug-likeness (QED) is 0.529. The summed E-state index contributed by atoms with van der Waals surface area (Å²) in [6.45, 7) is 0.629. The van der Waals surface area contributed by atoms with E-state index in [1.54, 1.807) is 63.1 Å². The Hall–Kier alpha value is -3.48. The van der Waals surface area contributed by atoms with E-state index in [0.717, 1.165) is 5.75 Å². The number of imidazole rings is 1. The smallest absolute Gasteiger partial charge is 0.338 e. The Morgan fingerprint density at radius 3 is 2.14 bits per heavy atom. The molecule has 0 saturated carbocycles. The molecule has 0 aliphatic heterocycles. The molecule has 0 radical (unpaired) electrons. The summed E-state index contributed by atoms with van der Waals surface area (Å²) >= 11 is 0. The van der Waals surface area contributed by atoms with Crippen molar-refractivity contribution in [2.75, 3.05) is 20.8 Å². The normalized spacial score (nSPS) is 11.5. The Kier molecular flexibility index (Phi) is 6.51. The van der Waals surface area contributed by atoms with Crippen LogP contribution in [0.1, 0.15) is 10.4 Å². The van der Waals surface area contributed by atoms with Crippen LogP contribution in [-0.2, 0) is 11.3 Å². The first kappa shape index (κ1) is 19.3. The van der Waals surface area contributed by atoms with Crippen LogP contribution in [0.5, 0.6) is 17.2 Å². The van der Waals surface area contributed by atoms with Crippen molar-refractivity contribution in [3.05, 3.63) is 72.8 Å². The Morgan fingerprint density at radius 2 is 1.57 bits per heavy atom. The summed E-state index contributed by atoms with van der Waals surface area (Å²) in [7, 11) is 3.18. The average molecular weight is 382 g/mol. The van der Waals surface area contributed by atoms with E-state index >= 15 is 0 Å². The molecule has 7 nitrogen and oxygen atoms in total. The van der Waals surface area contributed by atoms with Gasteiger partial charge in [0.25, 0.3) is 0 Å². The predicted octanol–water partition coefficient (Wildman–Crippen LogP) is 3.20. The maximum atomic E-state index is 12.5. The van der Waals surface area contributed by atoms with Crippen molar-refractivity contribution >= 4 is 5.97 Å². The monoisotopic (exact) mass is 382 g/mol.